The first-order valence-corrected chi connectivity index (χ1v) is 8.85. The van der Waals surface area contributed by atoms with Crippen LogP contribution in [0.1, 0.15) is 71.1 Å². The molecule has 4 heteroatoms. The normalized spacial score (nSPS) is 12.1. The van der Waals surface area contributed by atoms with E-state index in [9.17, 15) is 0 Å². The van der Waals surface area contributed by atoms with Gasteiger partial charge in [0.25, 0.3) is 0 Å². The Hall–Kier alpha value is -0.770. The Morgan fingerprint density at radius 2 is 1.52 bits per heavy atom. The molecule has 4 nitrogen and oxygen atoms in total. The molecule has 0 amide bonds. The number of rotatable bonds is 14. The van der Waals surface area contributed by atoms with Crippen LogP contribution in [-0.4, -0.2) is 44.6 Å². The topological polar surface area (TPSA) is 53.6 Å². The molecule has 0 atom stereocenters. The molecule has 3 N–H and O–H groups in total. The maximum Gasteiger partial charge on any atom is 0.188 e. The molecule has 0 spiro atoms. The van der Waals surface area contributed by atoms with Gasteiger partial charge >= 0.3 is 0 Å². The minimum Gasteiger partial charge on any atom is -0.370 e. The molecule has 0 aliphatic rings. The van der Waals surface area contributed by atoms with Crippen molar-refractivity contribution in [1.29, 1.82) is 0 Å². The van der Waals surface area contributed by atoms with Crippen LogP contribution in [0.15, 0.2) is 4.99 Å². The summed E-state index contributed by atoms with van der Waals surface area (Å²) in [6.45, 7) is 5.20. The molecule has 0 fully saturated rings. The van der Waals surface area contributed by atoms with E-state index in [0.717, 1.165) is 32.5 Å². The summed E-state index contributed by atoms with van der Waals surface area (Å²) in [5.74, 6) is 0.614. The summed E-state index contributed by atoms with van der Waals surface area (Å²) in [6, 6.07) is 0. The third-order valence-electron chi connectivity index (χ3n) is 3.63. The second-order valence-electron chi connectivity index (χ2n) is 6.18. The number of aliphatic imine (C=N–C) groups is 1. The van der Waals surface area contributed by atoms with E-state index in [0.29, 0.717) is 5.96 Å². The average Bonchev–Trinajstić information content (AvgIpc) is 2.45. The number of hydrogen-bond acceptors (Lipinski definition) is 2. The van der Waals surface area contributed by atoms with Crippen molar-refractivity contribution in [3.8, 4) is 0 Å². The van der Waals surface area contributed by atoms with Crippen molar-refractivity contribution >= 4 is 5.96 Å². The first-order valence-electron chi connectivity index (χ1n) is 8.85. The molecule has 0 aliphatic heterocycles. The molecule has 0 saturated heterocycles. The minimum absolute atomic E-state index is 0.614. The fourth-order valence-corrected chi connectivity index (χ4v) is 2.27. The first-order chi connectivity index (χ1) is 10.2. The Morgan fingerprint density at radius 3 is 2.14 bits per heavy atom. The zero-order valence-corrected chi connectivity index (χ0v) is 14.7. The van der Waals surface area contributed by atoms with Gasteiger partial charge in [-0.15, -0.1) is 0 Å². The van der Waals surface area contributed by atoms with Gasteiger partial charge in [-0.3, -0.25) is 4.99 Å². The lowest BCUT2D eigenvalue weighted by atomic mass is 10.1. The van der Waals surface area contributed by atoms with Crippen molar-refractivity contribution in [2.45, 2.75) is 71.1 Å². The van der Waals surface area contributed by atoms with Gasteiger partial charge in [0.1, 0.15) is 0 Å². The quantitative estimate of drug-likeness (QED) is 0.294. The number of nitrogens with zero attached hydrogens (tertiary/aromatic N) is 2. The van der Waals surface area contributed by atoms with Crippen molar-refractivity contribution < 1.29 is 0 Å². The number of nitrogens with two attached hydrogens (primary N) is 1. The molecule has 0 aromatic heterocycles. The summed E-state index contributed by atoms with van der Waals surface area (Å²) in [7, 11) is 4.21. The minimum atomic E-state index is 0.614. The van der Waals surface area contributed by atoms with Gasteiger partial charge < -0.3 is 16.0 Å². The van der Waals surface area contributed by atoms with E-state index >= 15 is 0 Å². The number of unbranched alkanes of at least 4 members (excludes halogenated alkanes) is 8. The van der Waals surface area contributed by atoms with Crippen LogP contribution < -0.4 is 11.1 Å². The van der Waals surface area contributed by atoms with E-state index in [1.807, 2.05) is 0 Å². The molecular weight excluding hydrogens is 260 g/mol. The second-order valence-corrected chi connectivity index (χ2v) is 6.18. The summed E-state index contributed by atoms with van der Waals surface area (Å²) < 4.78 is 0. The average molecular weight is 299 g/mol. The Bertz CT molecular complexity index is 239. The van der Waals surface area contributed by atoms with Crippen LogP contribution in [0.5, 0.6) is 0 Å². The van der Waals surface area contributed by atoms with Gasteiger partial charge in [0, 0.05) is 13.1 Å². The van der Waals surface area contributed by atoms with E-state index < -0.39 is 0 Å². The van der Waals surface area contributed by atoms with Crippen LogP contribution in [0.4, 0.5) is 0 Å². The Balaban J connectivity index is 3.28. The lowest BCUT2D eigenvalue weighted by Crippen LogP contribution is -2.32. The van der Waals surface area contributed by atoms with Gasteiger partial charge in [-0.2, -0.15) is 0 Å². The molecule has 126 valence electrons. The zero-order chi connectivity index (χ0) is 15.8. The fourth-order valence-electron chi connectivity index (χ4n) is 2.27. The first kappa shape index (κ1) is 20.2. The molecule has 0 heterocycles. The van der Waals surface area contributed by atoms with Crippen molar-refractivity contribution in [2.24, 2.45) is 10.7 Å². The van der Waals surface area contributed by atoms with Crippen LogP contribution >= 0.6 is 0 Å². The Morgan fingerprint density at radius 1 is 0.905 bits per heavy atom. The molecule has 0 aromatic carbocycles. The molecule has 0 saturated carbocycles. The van der Waals surface area contributed by atoms with Crippen molar-refractivity contribution in [3.05, 3.63) is 0 Å². The Kier molecular flexibility index (Phi) is 15.0. The number of hydrogen-bond donors (Lipinski definition) is 2. The third-order valence-corrected chi connectivity index (χ3v) is 3.63. The third kappa shape index (κ3) is 17.2. The monoisotopic (exact) mass is 298 g/mol. The van der Waals surface area contributed by atoms with Crippen LogP contribution in [0.2, 0.25) is 0 Å². The highest BCUT2D eigenvalue weighted by atomic mass is 15.1. The highest BCUT2D eigenvalue weighted by molar-refractivity contribution is 5.77. The molecule has 0 unspecified atom stereocenters. The highest BCUT2D eigenvalue weighted by Crippen LogP contribution is 2.08. The van der Waals surface area contributed by atoms with E-state index in [4.69, 9.17) is 5.73 Å². The molecule has 0 rings (SSSR count). The highest BCUT2D eigenvalue weighted by Gasteiger charge is 1.94. The SMILES string of the molecule is CCCCCCCCCCN=C(N)NCCCCN(C)C. The summed E-state index contributed by atoms with van der Waals surface area (Å²) in [4.78, 5) is 6.59. The molecule has 0 aromatic rings. The molecular formula is C17H38N4. The van der Waals surface area contributed by atoms with E-state index in [1.54, 1.807) is 0 Å². The smallest absolute Gasteiger partial charge is 0.188 e. The largest absolute Gasteiger partial charge is 0.370 e. The predicted octanol–water partition coefficient (Wildman–Crippen LogP) is 3.37. The molecule has 21 heavy (non-hydrogen) atoms. The fraction of sp³-hybridized carbons (Fsp3) is 0.941. The summed E-state index contributed by atoms with van der Waals surface area (Å²) in [5.41, 5.74) is 5.84. The maximum absolute atomic E-state index is 5.84. The molecule has 0 bridgehead atoms. The van der Waals surface area contributed by atoms with Gasteiger partial charge in [-0.05, 0) is 39.9 Å². The summed E-state index contributed by atoms with van der Waals surface area (Å²) >= 11 is 0. The second kappa shape index (κ2) is 15.6. The van der Waals surface area contributed by atoms with E-state index in [-0.39, 0.29) is 0 Å². The van der Waals surface area contributed by atoms with Crippen LogP contribution in [0.3, 0.4) is 0 Å². The van der Waals surface area contributed by atoms with Crippen molar-refractivity contribution in [2.75, 3.05) is 33.7 Å². The Labute approximate surface area is 132 Å². The van der Waals surface area contributed by atoms with Crippen molar-refractivity contribution in [3.63, 3.8) is 0 Å². The van der Waals surface area contributed by atoms with Gasteiger partial charge in [-0.1, -0.05) is 51.9 Å². The number of nitrogens with one attached hydrogen (secondary N) is 1. The number of guanidine groups is 1. The van der Waals surface area contributed by atoms with Crippen LogP contribution in [0, 0.1) is 0 Å². The summed E-state index contributed by atoms with van der Waals surface area (Å²) in [5, 5.41) is 3.19. The lowest BCUT2D eigenvalue weighted by molar-refractivity contribution is 0.394. The van der Waals surface area contributed by atoms with Crippen LogP contribution in [0.25, 0.3) is 0 Å². The van der Waals surface area contributed by atoms with Crippen LogP contribution in [-0.2, 0) is 0 Å². The lowest BCUT2D eigenvalue weighted by Gasteiger charge is -2.09. The maximum atomic E-state index is 5.84. The molecule has 0 radical (unpaired) electrons. The van der Waals surface area contributed by atoms with E-state index in [1.165, 1.54) is 51.4 Å². The van der Waals surface area contributed by atoms with Gasteiger partial charge in [-0.25, -0.2) is 0 Å². The zero-order valence-electron chi connectivity index (χ0n) is 14.7. The van der Waals surface area contributed by atoms with Gasteiger partial charge in [0.2, 0.25) is 0 Å². The van der Waals surface area contributed by atoms with Gasteiger partial charge in [0.05, 0.1) is 0 Å². The molecule has 0 aliphatic carbocycles. The predicted molar refractivity (Wildman–Crippen MR) is 94.9 cm³/mol. The van der Waals surface area contributed by atoms with E-state index in [2.05, 4.69) is 36.2 Å². The van der Waals surface area contributed by atoms with Gasteiger partial charge in [0.15, 0.2) is 5.96 Å². The van der Waals surface area contributed by atoms with Crippen molar-refractivity contribution in [1.82, 2.24) is 10.2 Å². The standard InChI is InChI=1S/C17H38N4/c1-4-5-6-7-8-9-10-11-14-19-17(18)20-15-12-13-16-21(2)3/h4-16H2,1-3H3,(H3,18,19,20). The summed E-state index contributed by atoms with van der Waals surface area (Å²) in [6.07, 6.45) is 13.0.